The number of ether oxygens (including phenoxy) is 1. The minimum Gasteiger partial charge on any atom is -0.365 e. The molecule has 3 aliphatic rings. The minimum absolute atomic E-state index is 0.0776. The van der Waals surface area contributed by atoms with Crippen molar-refractivity contribution in [1.29, 1.82) is 0 Å². The molecule has 3 atom stereocenters. The fourth-order valence-electron chi connectivity index (χ4n) is 4.10. The predicted octanol–water partition coefficient (Wildman–Crippen LogP) is 2.10. The van der Waals surface area contributed by atoms with Crippen molar-refractivity contribution >= 4 is 5.91 Å². The van der Waals surface area contributed by atoms with Crippen molar-refractivity contribution < 1.29 is 14.1 Å². The molecular weight excluding hydrogens is 282 g/mol. The van der Waals surface area contributed by atoms with E-state index in [-0.39, 0.29) is 18.1 Å². The van der Waals surface area contributed by atoms with Crippen LogP contribution in [-0.2, 0) is 9.53 Å². The molecule has 0 bridgehead atoms. The normalized spacial score (nSPS) is 37.7. The molecule has 6 heteroatoms. The minimum atomic E-state index is -0.0776. The highest BCUT2D eigenvalue weighted by Crippen LogP contribution is 2.41. The summed E-state index contributed by atoms with van der Waals surface area (Å²) < 4.78 is 11.2. The number of fused-ring (bicyclic) bond motifs is 1. The lowest BCUT2D eigenvalue weighted by Crippen LogP contribution is -2.49. The molecule has 22 heavy (non-hydrogen) atoms. The third kappa shape index (κ3) is 2.43. The third-order valence-corrected chi connectivity index (χ3v) is 5.42. The van der Waals surface area contributed by atoms with Gasteiger partial charge in [0.05, 0.1) is 6.10 Å². The van der Waals surface area contributed by atoms with Crippen LogP contribution in [0.5, 0.6) is 0 Å². The number of carbonyl (C=O) groups is 1. The molecule has 1 saturated carbocycles. The highest BCUT2D eigenvalue weighted by atomic mass is 16.5. The monoisotopic (exact) mass is 305 g/mol. The first-order chi connectivity index (χ1) is 10.6. The van der Waals surface area contributed by atoms with Gasteiger partial charge in [0.2, 0.25) is 17.6 Å². The number of hydrogen-bond donors (Lipinski definition) is 0. The van der Waals surface area contributed by atoms with Gasteiger partial charge in [-0.15, -0.1) is 0 Å². The van der Waals surface area contributed by atoms with Crippen molar-refractivity contribution in [3.63, 3.8) is 0 Å². The van der Waals surface area contributed by atoms with Gasteiger partial charge in [-0.2, -0.15) is 4.98 Å². The summed E-state index contributed by atoms with van der Waals surface area (Å²) in [6, 6.07) is 0. The van der Waals surface area contributed by atoms with Gasteiger partial charge in [-0.25, -0.2) is 0 Å². The summed E-state index contributed by atoms with van der Waals surface area (Å²) in [6.07, 6.45) is 4.10. The quantitative estimate of drug-likeness (QED) is 0.837. The van der Waals surface area contributed by atoms with E-state index >= 15 is 0 Å². The summed E-state index contributed by atoms with van der Waals surface area (Å²) in [5.41, 5.74) is 0. The molecule has 120 valence electrons. The van der Waals surface area contributed by atoms with E-state index in [4.69, 9.17) is 9.26 Å². The zero-order chi connectivity index (χ0) is 15.3. The fourth-order valence-corrected chi connectivity index (χ4v) is 4.10. The van der Waals surface area contributed by atoms with Gasteiger partial charge in [-0.05, 0) is 37.5 Å². The second-order valence-electron chi connectivity index (χ2n) is 7.18. The zero-order valence-electron chi connectivity index (χ0n) is 13.2. The molecule has 1 aromatic heterocycles. The Morgan fingerprint density at radius 2 is 2.14 bits per heavy atom. The van der Waals surface area contributed by atoms with Crippen molar-refractivity contribution in [3.8, 4) is 0 Å². The van der Waals surface area contributed by atoms with E-state index in [2.05, 4.69) is 17.1 Å². The maximum atomic E-state index is 12.5. The standard InChI is InChI=1S/C16H23N3O3/c1-9-5-12(6-9)16(20)19-4-3-11-7-13(21-14(11)8-19)15-17-10(2)22-18-15/h9,11-14H,3-8H2,1-2H3/t9?,11-,12?,13+,14+/m0/s1. The van der Waals surface area contributed by atoms with E-state index in [9.17, 15) is 4.79 Å². The van der Waals surface area contributed by atoms with Crippen LogP contribution in [0.1, 0.15) is 50.4 Å². The summed E-state index contributed by atoms with van der Waals surface area (Å²) in [7, 11) is 0. The molecule has 1 amide bonds. The first-order valence-corrected chi connectivity index (χ1v) is 8.34. The van der Waals surface area contributed by atoms with Gasteiger partial charge in [0, 0.05) is 25.9 Å². The highest BCUT2D eigenvalue weighted by molar-refractivity contribution is 5.79. The summed E-state index contributed by atoms with van der Waals surface area (Å²) in [4.78, 5) is 18.8. The second kappa shape index (κ2) is 5.33. The molecule has 4 rings (SSSR count). The Hall–Kier alpha value is -1.43. The number of likely N-dealkylation sites (tertiary alicyclic amines) is 1. The summed E-state index contributed by atoms with van der Waals surface area (Å²) >= 11 is 0. The van der Waals surface area contributed by atoms with Gasteiger partial charge in [-0.3, -0.25) is 4.79 Å². The number of aromatic nitrogens is 2. The van der Waals surface area contributed by atoms with Crippen molar-refractivity contribution in [3.05, 3.63) is 11.7 Å². The van der Waals surface area contributed by atoms with Gasteiger partial charge in [0.15, 0.2) is 0 Å². The van der Waals surface area contributed by atoms with E-state index in [1.807, 2.05) is 4.90 Å². The van der Waals surface area contributed by atoms with Gasteiger partial charge in [-0.1, -0.05) is 12.1 Å². The Bertz CT molecular complexity index is 567. The Kier molecular flexibility index (Phi) is 3.44. The zero-order valence-corrected chi connectivity index (χ0v) is 13.2. The van der Waals surface area contributed by atoms with Crippen LogP contribution in [0.2, 0.25) is 0 Å². The number of rotatable bonds is 2. The van der Waals surface area contributed by atoms with E-state index in [1.54, 1.807) is 6.92 Å². The number of carbonyl (C=O) groups excluding carboxylic acids is 1. The molecule has 2 saturated heterocycles. The van der Waals surface area contributed by atoms with Crippen LogP contribution in [0, 0.1) is 24.7 Å². The Morgan fingerprint density at radius 3 is 2.82 bits per heavy atom. The fraction of sp³-hybridized carbons (Fsp3) is 0.812. The maximum absolute atomic E-state index is 12.5. The molecule has 0 aromatic carbocycles. The molecule has 0 radical (unpaired) electrons. The Labute approximate surface area is 130 Å². The van der Waals surface area contributed by atoms with Crippen molar-refractivity contribution in [2.75, 3.05) is 13.1 Å². The molecule has 1 aliphatic carbocycles. The molecule has 3 fully saturated rings. The smallest absolute Gasteiger partial charge is 0.225 e. The van der Waals surface area contributed by atoms with Crippen molar-refractivity contribution in [1.82, 2.24) is 15.0 Å². The van der Waals surface area contributed by atoms with Crippen LogP contribution < -0.4 is 0 Å². The summed E-state index contributed by atoms with van der Waals surface area (Å²) in [5.74, 6) is 3.03. The molecule has 2 aliphatic heterocycles. The molecular formula is C16H23N3O3. The van der Waals surface area contributed by atoms with Gasteiger partial charge >= 0.3 is 0 Å². The van der Waals surface area contributed by atoms with Crippen LogP contribution in [0.25, 0.3) is 0 Å². The van der Waals surface area contributed by atoms with Crippen LogP contribution >= 0.6 is 0 Å². The molecule has 0 unspecified atom stereocenters. The van der Waals surface area contributed by atoms with Crippen LogP contribution in [0.4, 0.5) is 0 Å². The topological polar surface area (TPSA) is 68.5 Å². The van der Waals surface area contributed by atoms with Gasteiger partial charge in [0.25, 0.3) is 0 Å². The van der Waals surface area contributed by atoms with Gasteiger partial charge in [0.1, 0.15) is 6.10 Å². The largest absolute Gasteiger partial charge is 0.365 e. The predicted molar refractivity (Wildman–Crippen MR) is 77.8 cm³/mol. The van der Waals surface area contributed by atoms with Gasteiger partial charge < -0.3 is 14.2 Å². The second-order valence-corrected chi connectivity index (χ2v) is 7.18. The van der Waals surface area contributed by atoms with E-state index in [1.165, 1.54) is 0 Å². The SMILES string of the molecule is Cc1nc([C@H]2C[C@@H]3CCN(C(=O)C4CC(C)C4)C[C@H]3O2)no1. The lowest BCUT2D eigenvalue weighted by molar-refractivity contribution is -0.144. The number of nitrogens with zero attached hydrogens (tertiary/aromatic N) is 3. The van der Waals surface area contributed by atoms with Crippen LogP contribution in [0.3, 0.4) is 0 Å². The molecule has 1 aromatic rings. The first kappa shape index (κ1) is 14.2. The molecule has 0 N–H and O–H groups in total. The molecule has 0 spiro atoms. The Balaban J connectivity index is 1.38. The molecule has 6 nitrogen and oxygen atoms in total. The Morgan fingerprint density at radius 1 is 1.32 bits per heavy atom. The maximum Gasteiger partial charge on any atom is 0.225 e. The lowest BCUT2D eigenvalue weighted by Gasteiger charge is -2.40. The average Bonchev–Trinajstić information content (AvgIpc) is 3.08. The molecule has 3 heterocycles. The van der Waals surface area contributed by atoms with Crippen molar-refractivity contribution in [2.24, 2.45) is 17.8 Å². The van der Waals surface area contributed by atoms with E-state index in [0.29, 0.717) is 29.5 Å². The summed E-state index contributed by atoms with van der Waals surface area (Å²) in [6.45, 7) is 5.60. The lowest BCUT2D eigenvalue weighted by atomic mass is 9.75. The third-order valence-electron chi connectivity index (χ3n) is 5.42. The summed E-state index contributed by atoms with van der Waals surface area (Å²) in [5, 5.41) is 3.98. The van der Waals surface area contributed by atoms with Crippen molar-refractivity contribution in [2.45, 2.75) is 51.7 Å². The number of aryl methyl sites for hydroxylation is 1. The number of amides is 1. The van der Waals surface area contributed by atoms with Crippen LogP contribution in [-0.4, -0.2) is 40.1 Å². The van der Waals surface area contributed by atoms with E-state index in [0.717, 1.165) is 38.8 Å². The number of hydrogen-bond acceptors (Lipinski definition) is 5. The first-order valence-electron chi connectivity index (χ1n) is 8.34. The van der Waals surface area contributed by atoms with Crippen LogP contribution in [0.15, 0.2) is 4.52 Å². The van der Waals surface area contributed by atoms with E-state index < -0.39 is 0 Å². The average molecular weight is 305 g/mol. The highest BCUT2D eigenvalue weighted by Gasteiger charge is 2.44. The number of piperidine rings is 1.